The van der Waals surface area contributed by atoms with Gasteiger partial charge in [0.05, 0.1) is 0 Å². The van der Waals surface area contributed by atoms with Crippen LogP contribution in [-0.4, -0.2) is 53.1 Å². The number of nitrogens with zero attached hydrogens (tertiary/aromatic N) is 2. The Labute approximate surface area is 157 Å². The van der Waals surface area contributed by atoms with Crippen molar-refractivity contribution < 1.29 is 14.7 Å². The number of carbonyl (C=O) groups excluding carboxylic acids is 1. The van der Waals surface area contributed by atoms with Crippen molar-refractivity contribution in [3.05, 3.63) is 57.8 Å². The largest absolute Gasteiger partial charge is 0.479 e. The molecule has 7 heteroatoms. The third kappa shape index (κ3) is 4.62. The van der Waals surface area contributed by atoms with E-state index in [0.717, 1.165) is 25.2 Å². The van der Waals surface area contributed by atoms with Gasteiger partial charge in [0.15, 0.2) is 6.04 Å². The molecule has 2 N–H and O–H groups in total. The minimum Gasteiger partial charge on any atom is -0.479 e. The van der Waals surface area contributed by atoms with E-state index in [4.69, 9.17) is 0 Å². The number of benzene rings is 1. The first kappa shape index (κ1) is 18.4. The molecule has 1 atom stereocenters. The zero-order valence-electron chi connectivity index (χ0n) is 14.7. The SMILES string of the molecule is Cc1cccc(C(NC(=O)N2CCN(Cc3cccs3)CC2)C(=O)O)c1. The van der Waals surface area contributed by atoms with E-state index in [1.165, 1.54) is 4.88 Å². The molecule has 1 unspecified atom stereocenters. The molecule has 0 bridgehead atoms. The Hall–Kier alpha value is -2.38. The van der Waals surface area contributed by atoms with Crippen molar-refractivity contribution in [1.82, 2.24) is 15.1 Å². The maximum absolute atomic E-state index is 12.5. The van der Waals surface area contributed by atoms with E-state index >= 15 is 0 Å². The number of carbonyl (C=O) groups is 2. The van der Waals surface area contributed by atoms with Crippen molar-refractivity contribution >= 4 is 23.3 Å². The molecule has 138 valence electrons. The molecule has 0 radical (unpaired) electrons. The van der Waals surface area contributed by atoms with Crippen LogP contribution in [0.2, 0.25) is 0 Å². The highest BCUT2D eigenvalue weighted by molar-refractivity contribution is 7.09. The highest BCUT2D eigenvalue weighted by Crippen LogP contribution is 2.17. The summed E-state index contributed by atoms with van der Waals surface area (Å²) in [7, 11) is 0. The van der Waals surface area contributed by atoms with Crippen molar-refractivity contribution in [3.63, 3.8) is 0 Å². The first-order chi connectivity index (χ1) is 12.5. The van der Waals surface area contributed by atoms with Crippen LogP contribution in [0.5, 0.6) is 0 Å². The van der Waals surface area contributed by atoms with Gasteiger partial charge in [-0.15, -0.1) is 11.3 Å². The number of carboxylic acids is 1. The lowest BCUT2D eigenvalue weighted by atomic mass is 10.0. The van der Waals surface area contributed by atoms with Gasteiger partial charge in [-0.2, -0.15) is 0 Å². The molecule has 1 aromatic heterocycles. The predicted molar refractivity (Wildman–Crippen MR) is 101 cm³/mol. The monoisotopic (exact) mass is 373 g/mol. The van der Waals surface area contributed by atoms with Crippen molar-refractivity contribution in [3.8, 4) is 0 Å². The number of amides is 2. The Morgan fingerprint density at radius 3 is 2.58 bits per heavy atom. The molecule has 2 heterocycles. The lowest BCUT2D eigenvalue weighted by molar-refractivity contribution is -0.139. The van der Waals surface area contributed by atoms with Gasteiger partial charge in [0, 0.05) is 37.6 Å². The van der Waals surface area contributed by atoms with E-state index in [-0.39, 0.29) is 6.03 Å². The van der Waals surface area contributed by atoms with Crippen LogP contribution in [0.15, 0.2) is 41.8 Å². The number of thiophene rings is 1. The summed E-state index contributed by atoms with van der Waals surface area (Å²) in [6.45, 7) is 5.56. The Morgan fingerprint density at radius 2 is 1.96 bits per heavy atom. The van der Waals surface area contributed by atoms with Crippen LogP contribution in [0.25, 0.3) is 0 Å². The standard InChI is InChI=1S/C19H23N3O3S/c1-14-4-2-5-15(12-14)17(18(23)24)20-19(25)22-9-7-21(8-10-22)13-16-6-3-11-26-16/h2-6,11-12,17H,7-10,13H2,1H3,(H,20,25)(H,23,24). The van der Waals surface area contributed by atoms with Crippen LogP contribution in [0.4, 0.5) is 4.79 Å². The second-order valence-corrected chi connectivity index (χ2v) is 7.51. The fourth-order valence-corrected chi connectivity index (χ4v) is 3.83. The minimum atomic E-state index is -1.06. The molecule has 1 saturated heterocycles. The molecule has 1 aliphatic rings. The second kappa shape index (κ2) is 8.33. The van der Waals surface area contributed by atoms with Gasteiger partial charge in [-0.05, 0) is 23.9 Å². The van der Waals surface area contributed by atoms with E-state index < -0.39 is 12.0 Å². The summed E-state index contributed by atoms with van der Waals surface area (Å²) in [5.74, 6) is -1.06. The van der Waals surface area contributed by atoms with Gasteiger partial charge in [-0.3, -0.25) is 4.90 Å². The van der Waals surface area contributed by atoms with Gasteiger partial charge in [-0.25, -0.2) is 9.59 Å². The van der Waals surface area contributed by atoms with E-state index in [9.17, 15) is 14.7 Å². The van der Waals surface area contributed by atoms with Gasteiger partial charge >= 0.3 is 12.0 Å². The fourth-order valence-electron chi connectivity index (χ4n) is 3.08. The van der Waals surface area contributed by atoms with Crippen molar-refractivity contribution in [1.29, 1.82) is 0 Å². The van der Waals surface area contributed by atoms with Crippen LogP contribution in [0.3, 0.4) is 0 Å². The maximum atomic E-state index is 12.5. The van der Waals surface area contributed by atoms with Crippen LogP contribution in [0.1, 0.15) is 22.0 Å². The Bertz CT molecular complexity index is 755. The van der Waals surface area contributed by atoms with E-state index in [2.05, 4.69) is 21.7 Å². The van der Waals surface area contributed by atoms with Crippen molar-refractivity contribution in [2.45, 2.75) is 19.5 Å². The summed E-state index contributed by atoms with van der Waals surface area (Å²) < 4.78 is 0. The molecule has 0 saturated carbocycles. The highest BCUT2D eigenvalue weighted by atomic mass is 32.1. The fraction of sp³-hybridized carbons (Fsp3) is 0.368. The van der Waals surface area contributed by atoms with Gasteiger partial charge in [0.2, 0.25) is 0 Å². The Morgan fingerprint density at radius 1 is 1.19 bits per heavy atom. The lowest BCUT2D eigenvalue weighted by Gasteiger charge is -2.35. The van der Waals surface area contributed by atoms with Gasteiger partial charge in [0.1, 0.15) is 0 Å². The molecule has 0 spiro atoms. The first-order valence-electron chi connectivity index (χ1n) is 8.62. The van der Waals surface area contributed by atoms with Crippen LogP contribution in [0, 0.1) is 6.92 Å². The molecule has 2 aromatic rings. The van der Waals surface area contributed by atoms with E-state index in [1.54, 1.807) is 34.4 Å². The van der Waals surface area contributed by atoms with Crippen LogP contribution >= 0.6 is 11.3 Å². The molecule has 1 aliphatic heterocycles. The van der Waals surface area contributed by atoms with Crippen molar-refractivity contribution in [2.75, 3.05) is 26.2 Å². The van der Waals surface area contributed by atoms with Gasteiger partial charge < -0.3 is 15.3 Å². The molecular weight excluding hydrogens is 350 g/mol. The molecule has 6 nitrogen and oxygen atoms in total. The lowest BCUT2D eigenvalue weighted by Crippen LogP contribution is -2.52. The number of piperazine rings is 1. The summed E-state index contributed by atoms with van der Waals surface area (Å²) in [5.41, 5.74) is 1.55. The molecule has 1 fully saturated rings. The number of nitrogens with one attached hydrogen (secondary N) is 1. The number of hydrogen-bond donors (Lipinski definition) is 2. The predicted octanol–water partition coefficient (Wildman–Crippen LogP) is 2.71. The quantitative estimate of drug-likeness (QED) is 0.845. The minimum absolute atomic E-state index is 0.324. The smallest absolute Gasteiger partial charge is 0.330 e. The van der Waals surface area contributed by atoms with Gasteiger partial charge in [-0.1, -0.05) is 35.9 Å². The van der Waals surface area contributed by atoms with Crippen LogP contribution in [-0.2, 0) is 11.3 Å². The molecule has 1 aromatic carbocycles. The Kier molecular flexibility index (Phi) is 5.90. The summed E-state index contributed by atoms with van der Waals surface area (Å²) in [4.78, 5) is 29.5. The van der Waals surface area contributed by atoms with Crippen molar-refractivity contribution in [2.24, 2.45) is 0 Å². The second-order valence-electron chi connectivity index (χ2n) is 6.48. The summed E-state index contributed by atoms with van der Waals surface area (Å²) in [6, 6.07) is 10.0. The van der Waals surface area contributed by atoms with Crippen LogP contribution < -0.4 is 5.32 Å². The van der Waals surface area contributed by atoms with E-state index in [0.29, 0.717) is 18.7 Å². The van der Waals surface area contributed by atoms with Gasteiger partial charge in [0.25, 0.3) is 0 Å². The third-order valence-corrected chi connectivity index (χ3v) is 5.37. The third-order valence-electron chi connectivity index (χ3n) is 4.51. The highest BCUT2D eigenvalue weighted by Gasteiger charge is 2.27. The summed E-state index contributed by atoms with van der Waals surface area (Å²) >= 11 is 1.73. The number of aliphatic carboxylic acids is 1. The van der Waals surface area contributed by atoms with E-state index in [1.807, 2.05) is 19.1 Å². The normalized spacial score (nSPS) is 16.3. The average Bonchev–Trinajstić information content (AvgIpc) is 3.13. The zero-order chi connectivity index (χ0) is 18.5. The summed E-state index contributed by atoms with van der Waals surface area (Å²) in [5, 5.41) is 14.2. The molecule has 2 amide bonds. The Balaban J connectivity index is 1.56. The molecular formula is C19H23N3O3S. The maximum Gasteiger partial charge on any atom is 0.330 e. The number of urea groups is 1. The molecule has 26 heavy (non-hydrogen) atoms. The number of aryl methyl sites for hydroxylation is 1. The molecule has 3 rings (SSSR count). The number of carboxylic acid groups (broad SMARTS) is 1. The topological polar surface area (TPSA) is 72.9 Å². The number of hydrogen-bond acceptors (Lipinski definition) is 4. The zero-order valence-corrected chi connectivity index (χ0v) is 15.5. The average molecular weight is 373 g/mol. The molecule has 0 aliphatic carbocycles. The first-order valence-corrected chi connectivity index (χ1v) is 9.50. The number of rotatable bonds is 5. The summed E-state index contributed by atoms with van der Waals surface area (Å²) in [6.07, 6.45) is 0.